The Labute approximate surface area is 266 Å². The number of imidazole rings is 1. The number of nitrogens with zero attached hydrogens (tertiary/aromatic N) is 4. The Bertz CT molecular complexity index is 1420. The van der Waals surface area contributed by atoms with Gasteiger partial charge in [-0.05, 0) is 76.3 Å². The maximum atomic E-state index is 14.5. The molecule has 2 fully saturated rings. The van der Waals surface area contributed by atoms with Gasteiger partial charge < -0.3 is 29.0 Å². The number of anilines is 1. The predicted octanol–water partition coefficient (Wildman–Crippen LogP) is 6.22. The lowest BCUT2D eigenvalue weighted by molar-refractivity contribution is -0.163. The molecule has 1 aliphatic carbocycles. The maximum absolute atomic E-state index is 14.5. The highest BCUT2D eigenvalue weighted by atomic mass is 16.7. The van der Waals surface area contributed by atoms with E-state index in [9.17, 15) is 9.59 Å². The highest BCUT2D eigenvalue weighted by Crippen LogP contribution is 2.33. The van der Waals surface area contributed by atoms with Crippen LogP contribution in [0.25, 0.3) is 11.4 Å². The molecule has 0 spiro atoms. The molecule has 1 saturated carbocycles. The van der Waals surface area contributed by atoms with Crippen LogP contribution in [-0.2, 0) is 20.8 Å². The summed E-state index contributed by atoms with van der Waals surface area (Å²) < 4.78 is 19.7. The molecule has 3 aromatic rings. The van der Waals surface area contributed by atoms with Gasteiger partial charge in [0.05, 0.1) is 12.3 Å². The third kappa shape index (κ3) is 8.10. The van der Waals surface area contributed by atoms with E-state index in [1.807, 2.05) is 65.8 Å². The molecule has 10 nitrogen and oxygen atoms in total. The second kappa shape index (κ2) is 15.5. The largest absolute Gasteiger partial charge is 0.474 e. The van der Waals surface area contributed by atoms with Gasteiger partial charge in [0.15, 0.2) is 17.8 Å². The van der Waals surface area contributed by atoms with E-state index >= 15 is 0 Å². The molecule has 242 valence electrons. The Morgan fingerprint density at radius 3 is 2.64 bits per heavy atom. The molecule has 1 aliphatic heterocycles. The van der Waals surface area contributed by atoms with Gasteiger partial charge in [-0.2, -0.15) is 0 Å². The molecule has 1 saturated heterocycles. The summed E-state index contributed by atoms with van der Waals surface area (Å²) in [6.45, 7) is 10.4. The molecular weight excluding hydrogens is 570 g/mol. The maximum Gasteiger partial charge on any atom is 0.274 e. The van der Waals surface area contributed by atoms with Crippen molar-refractivity contribution in [3.05, 3.63) is 59.4 Å². The molecular formula is C35H47N5O5. The van der Waals surface area contributed by atoms with E-state index in [4.69, 9.17) is 24.2 Å². The minimum Gasteiger partial charge on any atom is -0.474 e. The van der Waals surface area contributed by atoms with Crippen molar-refractivity contribution in [1.82, 2.24) is 19.4 Å². The second-order valence-corrected chi connectivity index (χ2v) is 12.3. The van der Waals surface area contributed by atoms with E-state index in [0.29, 0.717) is 55.8 Å². The van der Waals surface area contributed by atoms with Crippen LogP contribution >= 0.6 is 0 Å². The summed E-state index contributed by atoms with van der Waals surface area (Å²) in [5, 5.41) is 2.73. The minimum atomic E-state index is -0.193. The van der Waals surface area contributed by atoms with Gasteiger partial charge >= 0.3 is 0 Å². The molecule has 10 heteroatoms. The molecule has 2 aromatic heterocycles. The van der Waals surface area contributed by atoms with Crippen LogP contribution in [0.4, 0.5) is 5.82 Å². The van der Waals surface area contributed by atoms with Gasteiger partial charge in [0.25, 0.3) is 5.91 Å². The number of hydrogen-bond donors (Lipinski definition) is 1. The van der Waals surface area contributed by atoms with Gasteiger partial charge in [-0.15, -0.1) is 0 Å². The van der Waals surface area contributed by atoms with Crippen molar-refractivity contribution >= 4 is 18.1 Å². The summed E-state index contributed by atoms with van der Waals surface area (Å²) in [7, 11) is 0. The molecule has 1 aromatic carbocycles. The van der Waals surface area contributed by atoms with E-state index in [1.54, 1.807) is 0 Å². The van der Waals surface area contributed by atoms with Gasteiger partial charge in [0, 0.05) is 37.4 Å². The summed E-state index contributed by atoms with van der Waals surface area (Å²) in [6.07, 6.45) is 7.17. The Balaban J connectivity index is 1.47. The Morgan fingerprint density at radius 1 is 1.18 bits per heavy atom. The quantitative estimate of drug-likeness (QED) is 0.159. The van der Waals surface area contributed by atoms with Crippen LogP contribution in [0.1, 0.15) is 87.5 Å². The Hall–Kier alpha value is -3.76. The molecule has 5 rings (SSSR count). The molecule has 2 aliphatic rings. The summed E-state index contributed by atoms with van der Waals surface area (Å²) in [5.41, 5.74) is 2.84. The first-order valence-corrected chi connectivity index (χ1v) is 16.4. The van der Waals surface area contributed by atoms with Crippen molar-refractivity contribution in [2.75, 3.05) is 25.1 Å². The van der Waals surface area contributed by atoms with Crippen LogP contribution in [0.2, 0.25) is 0 Å². The lowest BCUT2D eigenvalue weighted by Crippen LogP contribution is -2.41. The molecule has 2 atom stereocenters. The fourth-order valence-electron chi connectivity index (χ4n) is 6.06. The van der Waals surface area contributed by atoms with Crippen LogP contribution in [0.5, 0.6) is 5.88 Å². The number of rotatable bonds is 15. The van der Waals surface area contributed by atoms with E-state index < -0.39 is 0 Å². The first-order chi connectivity index (χ1) is 21.9. The third-order valence-corrected chi connectivity index (χ3v) is 8.84. The van der Waals surface area contributed by atoms with Gasteiger partial charge in [-0.3, -0.25) is 9.59 Å². The van der Waals surface area contributed by atoms with Crippen molar-refractivity contribution in [1.29, 1.82) is 0 Å². The Morgan fingerprint density at radius 2 is 1.98 bits per heavy atom. The van der Waals surface area contributed by atoms with Crippen molar-refractivity contribution in [3.63, 3.8) is 0 Å². The molecule has 1 N–H and O–H groups in total. The average molecular weight is 618 g/mol. The highest BCUT2D eigenvalue weighted by molar-refractivity contribution is 6.00. The van der Waals surface area contributed by atoms with Crippen molar-refractivity contribution in [2.45, 2.75) is 97.6 Å². The van der Waals surface area contributed by atoms with Crippen LogP contribution in [0.15, 0.2) is 42.5 Å². The standard InChI is InChI=1S/C35H47N5O5/c1-5-25(3)39(17-11-19-44-31-14-9-10-18-43-31)35(42)32-33(36-23-41)38-34(40(32)22-27-12-7-6-8-13-27)29-15-16-30(37-26(29)4)45-28-20-24(2)21-28/h6-8,12-13,15-16,23-25,28,31H,5,9-11,14,17-22H2,1-4H3,(H,36,41). The fraction of sp³-hybridized carbons (Fsp3) is 0.543. The van der Waals surface area contributed by atoms with E-state index in [-0.39, 0.29) is 30.2 Å². The first-order valence-electron chi connectivity index (χ1n) is 16.4. The van der Waals surface area contributed by atoms with Gasteiger partial charge in [-0.1, -0.05) is 44.2 Å². The second-order valence-electron chi connectivity index (χ2n) is 12.3. The molecule has 2 unspecified atom stereocenters. The number of hydrogen-bond acceptors (Lipinski definition) is 7. The van der Waals surface area contributed by atoms with E-state index in [1.165, 1.54) is 0 Å². The van der Waals surface area contributed by atoms with Crippen LogP contribution in [0.3, 0.4) is 0 Å². The summed E-state index contributed by atoms with van der Waals surface area (Å²) in [5.74, 6) is 1.85. The lowest BCUT2D eigenvalue weighted by atomic mass is 9.84. The number of carbonyl (C=O) groups excluding carboxylic acids is 2. The molecule has 3 heterocycles. The number of aryl methyl sites for hydroxylation is 1. The number of amides is 2. The lowest BCUT2D eigenvalue weighted by Gasteiger charge is -2.32. The number of ether oxygens (including phenoxy) is 3. The number of benzene rings is 1. The van der Waals surface area contributed by atoms with Gasteiger partial charge in [0.1, 0.15) is 11.9 Å². The zero-order chi connectivity index (χ0) is 31.8. The predicted molar refractivity (Wildman–Crippen MR) is 173 cm³/mol. The zero-order valence-electron chi connectivity index (χ0n) is 27.0. The van der Waals surface area contributed by atoms with E-state index in [2.05, 4.69) is 19.2 Å². The number of nitrogens with one attached hydrogen (secondary N) is 1. The highest BCUT2D eigenvalue weighted by Gasteiger charge is 2.31. The fourth-order valence-corrected chi connectivity index (χ4v) is 6.06. The molecule has 2 amide bonds. The van der Waals surface area contributed by atoms with Crippen LogP contribution < -0.4 is 10.1 Å². The van der Waals surface area contributed by atoms with Gasteiger partial charge in [-0.25, -0.2) is 9.97 Å². The summed E-state index contributed by atoms with van der Waals surface area (Å²) in [6, 6.07) is 13.7. The smallest absolute Gasteiger partial charge is 0.274 e. The normalized spacial score (nSPS) is 20.2. The molecule has 0 radical (unpaired) electrons. The Kier molecular flexibility index (Phi) is 11.2. The van der Waals surface area contributed by atoms with Crippen molar-refractivity contribution in [2.24, 2.45) is 5.92 Å². The third-order valence-electron chi connectivity index (χ3n) is 8.84. The van der Waals surface area contributed by atoms with Crippen LogP contribution in [-0.4, -0.2) is 69.9 Å². The number of pyridine rings is 1. The number of aromatic nitrogens is 3. The summed E-state index contributed by atoms with van der Waals surface area (Å²) in [4.78, 5) is 37.8. The average Bonchev–Trinajstić information content (AvgIpc) is 3.37. The monoisotopic (exact) mass is 617 g/mol. The molecule has 45 heavy (non-hydrogen) atoms. The number of carbonyl (C=O) groups is 2. The zero-order valence-corrected chi connectivity index (χ0v) is 27.0. The van der Waals surface area contributed by atoms with Crippen molar-refractivity contribution in [3.8, 4) is 17.3 Å². The van der Waals surface area contributed by atoms with Crippen molar-refractivity contribution < 1.29 is 23.8 Å². The summed E-state index contributed by atoms with van der Waals surface area (Å²) >= 11 is 0. The SMILES string of the molecule is CCC(C)N(CCCOC1CCCCO1)C(=O)c1c(NC=O)nc(-c2ccc(OC3CC(C)C3)nc2C)n1Cc1ccccc1. The van der Waals surface area contributed by atoms with E-state index in [0.717, 1.165) is 62.0 Å². The molecule has 0 bridgehead atoms. The topological polar surface area (TPSA) is 108 Å². The van der Waals surface area contributed by atoms with Gasteiger partial charge in [0.2, 0.25) is 12.3 Å². The first kappa shape index (κ1) is 32.6. The van der Waals surface area contributed by atoms with Crippen LogP contribution in [0, 0.1) is 12.8 Å². The minimum absolute atomic E-state index is 0.0369.